The van der Waals surface area contributed by atoms with Crippen LogP contribution in [0.1, 0.15) is 38.6 Å². The Hall–Kier alpha value is -1.59. The molecule has 1 aromatic rings. The zero-order chi connectivity index (χ0) is 14.5. The van der Waals surface area contributed by atoms with E-state index in [1.165, 1.54) is 6.26 Å². The van der Waals surface area contributed by atoms with Crippen LogP contribution in [0.4, 0.5) is 0 Å². The van der Waals surface area contributed by atoms with Gasteiger partial charge in [-0.25, -0.2) is 4.79 Å². The van der Waals surface area contributed by atoms with E-state index in [-0.39, 0.29) is 0 Å². The van der Waals surface area contributed by atoms with Crippen LogP contribution in [-0.4, -0.2) is 28.4 Å². The highest BCUT2D eigenvalue weighted by molar-refractivity contribution is 5.81. The average Bonchev–Trinajstić information content (AvgIpc) is 2.93. The summed E-state index contributed by atoms with van der Waals surface area (Å²) in [6.07, 6.45) is 0.248. The Bertz CT molecular complexity index is 559. The molecule has 20 heavy (non-hydrogen) atoms. The second-order valence-corrected chi connectivity index (χ2v) is 5.80. The van der Waals surface area contributed by atoms with Crippen molar-refractivity contribution in [1.29, 1.82) is 0 Å². The van der Waals surface area contributed by atoms with E-state index >= 15 is 0 Å². The van der Waals surface area contributed by atoms with E-state index in [2.05, 4.69) is 0 Å². The molecule has 0 radical (unpaired) electrons. The summed E-state index contributed by atoms with van der Waals surface area (Å²) in [7, 11) is 0. The van der Waals surface area contributed by atoms with Crippen molar-refractivity contribution in [3.63, 3.8) is 0 Å². The molecule has 108 valence electrons. The van der Waals surface area contributed by atoms with Crippen LogP contribution in [0.5, 0.6) is 0 Å². The predicted molar refractivity (Wildman–Crippen MR) is 69.6 cm³/mol. The van der Waals surface area contributed by atoms with E-state index in [1.807, 2.05) is 6.92 Å². The van der Waals surface area contributed by atoms with E-state index in [0.717, 1.165) is 0 Å². The maximum Gasteiger partial charge on any atom is 0.340 e. The van der Waals surface area contributed by atoms with Crippen molar-refractivity contribution in [2.24, 2.45) is 5.41 Å². The maximum atomic E-state index is 11.9. The fourth-order valence-corrected chi connectivity index (χ4v) is 3.46. The first kappa shape index (κ1) is 13.4. The van der Waals surface area contributed by atoms with Crippen LogP contribution >= 0.6 is 0 Å². The Morgan fingerprint density at radius 2 is 2.15 bits per heavy atom. The fourth-order valence-electron chi connectivity index (χ4n) is 3.46. The summed E-state index contributed by atoms with van der Waals surface area (Å²) < 4.78 is 10.8. The van der Waals surface area contributed by atoms with Crippen LogP contribution in [0.3, 0.4) is 0 Å². The molecule has 1 aliphatic heterocycles. The number of esters is 1. The van der Waals surface area contributed by atoms with Crippen LogP contribution in [0.2, 0.25) is 0 Å². The lowest BCUT2D eigenvalue weighted by atomic mass is 9.63. The van der Waals surface area contributed by atoms with Crippen molar-refractivity contribution >= 4 is 5.97 Å². The SMILES string of the molecule is CC1=C2C(O)C(=O)OC(c3ccco3)C2(C)CCC1O. The van der Waals surface area contributed by atoms with Crippen molar-refractivity contribution in [2.75, 3.05) is 0 Å². The number of furan rings is 1. The normalized spacial score (nSPS) is 37.6. The third-order valence-electron chi connectivity index (χ3n) is 4.59. The van der Waals surface area contributed by atoms with Gasteiger partial charge in [-0.3, -0.25) is 0 Å². The van der Waals surface area contributed by atoms with Gasteiger partial charge in [0.05, 0.1) is 12.4 Å². The molecule has 0 aromatic carbocycles. The number of cyclic esters (lactones) is 1. The molecule has 4 unspecified atom stereocenters. The first-order chi connectivity index (χ1) is 9.45. The molecule has 3 rings (SSSR count). The summed E-state index contributed by atoms with van der Waals surface area (Å²) in [5.41, 5.74) is 0.697. The molecule has 2 N–H and O–H groups in total. The van der Waals surface area contributed by atoms with Gasteiger partial charge in [-0.2, -0.15) is 0 Å². The van der Waals surface area contributed by atoms with Crippen molar-refractivity contribution in [2.45, 2.75) is 45.0 Å². The van der Waals surface area contributed by atoms with Crippen LogP contribution in [0, 0.1) is 5.41 Å². The molecule has 2 heterocycles. The number of fused-ring (bicyclic) bond motifs is 1. The Balaban J connectivity index is 2.14. The van der Waals surface area contributed by atoms with Gasteiger partial charge in [-0.15, -0.1) is 0 Å². The van der Waals surface area contributed by atoms with Gasteiger partial charge in [0.15, 0.2) is 12.2 Å². The van der Waals surface area contributed by atoms with E-state index < -0.39 is 29.7 Å². The number of aliphatic hydroxyl groups is 2. The highest BCUT2D eigenvalue weighted by Crippen LogP contribution is 2.54. The fraction of sp³-hybridized carbons (Fsp3) is 0.533. The number of hydrogen-bond donors (Lipinski definition) is 2. The minimum atomic E-state index is -1.30. The van der Waals surface area contributed by atoms with Crippen LogP contribution in [-0.2, 0) is 9.53 Å². The van der Waals surface area contributed by atoms with Crippen LogP contribution in [0.15, 0.2) is 34.0 Å². The number of rotatable bonds is 1. The summed E-state index contributed by atoms with van der Waals surface area (Å²) in [5, 5.41) is 20.2. The van der Waals surface area contributed by atoms with Gasteiger partial charge in [-0.05, 0) is 43.0 Å². The van der Waals surface area contributed by atoms with Crippen molar-refractivity contribution < 1.29 is 24.2 Å². The molecule has 2 aliphatic rings. The van der Waals surface area contributed by atoms with Crippen molar-refractivity contribution in [3.8, 4) is 0 Å². The van der Waals surface area contributed by atoms with Crippen LogP contribution in [0.25, 0.3) is 0 Å². The number of hydrogen-bond acceptors (Lipinski definition) is 5. The third kappa shape index (κ3) is 1.73. The minimum absolute atomic E-state index is 0.547. The second-order valence-electron chi connectivity index (χ2n) is 5.80. The summed E-state index contributed by atoms with van der Waals surface area (Å²) in [6.45, 7) is 3.71. The quantitative estimate of drug-likeness (QED) is 0.604. The third-order valence-corrected chi connectivity index (χ3v) is 4.59. The molecular formula is C15H18O5. The molecule has 5 heteroatoms. The highest BCUT2D eigenvalue weighted by Gasteiger charge is 2.54. The zero-order valence-corrected chi connectivity index (χ0v) is 11.5. The Kier molecular flexibility index (Phi) is 2.99. The van der Waals surface area contributed by atoms with E-state index in [9.17, 15) is 15.0 Å². The molecule has 1 saturated heterocycles. The predicted octanol–water partition coefficient (Wildman–Crippen LogP) is 1.72. The number of aliphatic hydroxyl groups excluding tert-OH is 2. The largest absolute Gasteiger partial charge is 0.465 e. The van der Waals surface area contributed by atoms with Gasteiger partial charge in [-0.1, -0.05) is 6.92 Å². The molecule has 0 amide bonds. The Labute approximate surface area is 116 Å². The Morgan fingerprint density at radius 3 is 2.80 bits per heavy atom. The summed E-state index contributed by atoms with van der Waals surface area (Å²) in [4.78, 5) is 11.9. The summed E-state index contributed by atoms with van der Waals surface area (Å²) >= 11 is 0. The van der Waals surface area contributed by atoms with Gasteiger partial charge in [0.25, 0.3) is 0 Å². The molecule has 0 bridgehead atoms. The first-order valence-electron chi connectivity index (χ1n) is 6.76. The second kappa shape index (κ2) is 4.46. The van der Waals surface area contributed by atoms with Crippen molar-refractivity contribution in [1.82, 2.24) is 0 Å². The lowest BCUT2D eigenvalue weighted by Crippen LogP contribution is -2.49. The first-order valence-corrected chi connectivity index (χ1v) is 6.76. The molecule has 1 aromatic heterocycles. The monoisotopic (exact) mass is 278 g/mol. The van der Waals surface area contributed by atoms with Gasteiger partial charge in [0.1, 0.15) is 5.76 Å². The number of carbonyl (C=O) groups is 1. The molecule has 0 saturated carbocycles. The molecule has 1 aliphatic carbocycles. The maximum absolute atomic E-state index is 11.9. The summed E-state index contributed by atoms with van der Waals surface area (Å²) in [5.74, 6) is -0.123. The lowest BCUT2D eigenvalue weighted by Gasteiger charge is -2.47. The van der Waals surface area contributed by atoms with Gasteiger partial charge < -0.3 is 19.4 Å². The zero-order valence-electron chi connectivity index (χ0n) is 11.5. The smallest absolute Gasteiger partial charge is 0.340 e. The van der Waals surface area contributed by atoms with E-state index in [0.29, 0.717) is 29.7 Å². The molecule has 4 atom stereocenters. The topological polar surface area (TPSA) is 79.9 Å². The number of ether oxygens (including phenoxy) is 1. The minimum Gasteiger partial charge on any atom is -0.465 e. The van der Waals surface area contributed by atoms with E-state index in [4.69, 9.17) is 9.15 Å². The Morgan fingerprint density at radius 1 is 1.40 bits per heavy atom. The molecule has 5 nitrogen and oxygen atoms in total. The lowest BCUT2D eigenvalue weighted by molar-refractivity contribution is -0.176. The van der Waals surface area contributed by atoms with Crippen molar-refractivity contribution in [3.05, 3.63) is 35.3 Å². The van der Waals surface area contributed by atoms with Crippen LogP contribution < -0.4 is 0 Å². The number of carbonyl (C=O) groups excluding carboxylic acids is 1. The highest BCUT2D eigenvalue weighted by atomic mass is 16.6. The van der Waals surface area contributed by atoms with Gasteiger partial charge in [0.2, 0.25) is 0 Å². The molecule has 0 spiro atoms. The van der Waals surface area contributed by atoms with Gasteiger partial charge >= 0.3 is 5.97 Å². The van der Waals surface area contributed by atoms with E-state index in [1.54, 1.807) is 19.1 Å². The van der Waals surface area contributed by atoms with Gasteiger partial charge in [0, 0.05) is 5.41 Å². The standard InChI is InChI=1S/C15H18O5/c1-8-9(16)5-6-15(2)11(8)12(17)14(18)20-13(15)10-4-3-7-19-10/h3-4,7,9,12-13,16-17H,5-6H2,1-2H3. The molecular weight excluding hydrogens is 260 g/mol. The molecule has 1 fully saturated rings. The average molecular weight is 278 g/mol. The summed E-state index contributed by atoms with van der Waals surface area (Å²) in [6, 6.07) is 3.50.